The second-order valence-electron chi connectivity index (χ2n) is 6.30. The van der Waals surface area contributed by atoms with Crippen molar-refractivity contribution in [3.63, 3.8) is 0 Å². The molecular weight excluding hydrogens is 303 g/mol. The molecule has 0 saturated heterocycles. The van der Waals surface area contributed by atoms with E-state index in [1.54, 1.807) is 0 Å². The second kappa shape index (κ2) is 10.0. The lowest BCUT2D eigenvalue weighted by molar-refractivity contribution is 0.287. The zero-order valence-corrected chi connectivity index (χ0v) is 14.4. The number of nitrogens with zero attached hydrogens (tertiary/aromatic N) is 2. The van der Waals surface area contributed by atoms with Crippen LogP contribution < -0.4 is 0 Å². The lowest BCUT2D eigenvalue weighted by atomic mass is 10.0. The van der Waals surface area contributed by atoms with Crippen molar-refractivity contribution >= 4 is 0 Å². The zero-order valence-electron chi connectivity index (χ0n) is 14.4. The first-order chi connectivity index (χ1) is 11.7. The molecule has 0 spiro atoms. The van der Waals surface area contributed by atoms with Gasteiger partial charge in [-0.1, -0.05) is 63.3 Å². The van der Waals surface area contributed by atoms with Crippen LogP contribution in [0.4, 0.5) is 4.39 Å². The number of hydrogen-bond acceptors (Lipinski definition) is 3. The van der Waals surface area contributed by atoms with Crippen LogP contribution in [0.15, 0.2) is 36.7 Å². The number of halogens is 1. The van der Waals surface area contributed by atoms with E-state index >= 15 is 0 Å². The van der Waals surface area contributed by atoms with Crippen LogP contribution in [0.2, 0.25) is 0 Å². The third-order valence-electron chi connectivity index (χ3n) is 4.22. The number of aromatic hydroxyl groups is 1. The molecule has 1 atom stereocenters. The standard InChI is InChI=1S/C20H27FN2O/c1-2-3-4-5-6-7-18(21)13-10-16-8-11-17(12-9-16)20-22-14-19(24)15-23-20/h8-9,11-12,14-15,18,24H,2-7,10,13H2,1H3/t18-/m1/s1. The quantitative estimate of drug-likeness (QED) is 0.587. The van der Waals surface area contributed by atoms with Gasteiger partial charge in [-0.3, -0.25) is 0 Å². The number of unbranched alkanes of at least 4 members (excludes halogenated alkanes) is 4. The fraction of sp³-hybridized carbons (Fsp3) is 0.500. The average molecular weight is 330 g/mol. The Morgan fingerprint density at radius 2 is 1.62 bits per heavy atom. The fourth-order valence-corrected chi connectivity index (χ4v) is 2.73. The number of aromatic nitrogens is 2. The van der Waals surface area contributed by atoms with E-state index in [2.05, 4.69) is 16.9 Å². The van der Waals surface area contributed by atoms with Crippen LogP contribution in [-0.4, -0.2) is 21.2 Å². The van der Waals surface area contributed by atoms with Crippen LogP contribution in [0.3, 0.4) is 0 Å². The van der Waals surface area contributed by atoms with Gasteiger partial charge in [0, 0.05) is 5.56 Å². The van der Waals surface area contributed by atoms with Crippen LogP contribution in [-0.2, 0) is 6.42 Å². The SMILES string of the molecule is CCCCCCC[C@@H](F)CCc1ccc(-c2ncc(O)cn2)cc1. The van der Waals surface area contributed by atoms with Gasteiger partial charge in [-0.2, -0.15) is 0 Å². The monoisotopic (exact) mass is 330 g/mol. The average Bonchev–Trinajstić information content (AvgIpc) is 2.61. The van der Waals surface area contributed by atoms with Crippen LogP contribution in [0.5, 0.6) is 5.75 Å². The van der Waals surface area contributed by atoms with Crippen molar-refractivity contribution in [2.45, 2.75) is 64.5 Å². The van der Waals surface area contributed by atoms with Crippen molar-refractivity contribution in [3.05, 3.63) is 42.2 Å². The molecule has 2 rings (SSSR count). The number of aryl methyl sites for hydroxylation is 1. The predicted octanol–water partition coefficient (Wildman–Crippen LogP) is 5.48. The lowest BCUT2D eigenvalue weighted by Gasteiger charge is -2.08. The van der Waals surface area contributed by atoms with E-state index in [1.165, 1.54) is 31.7 Å². The molecule has 0 fully saturated rings. The van der Waals surface area contributed by atoms with Crippen LogP contribution in [0, 0.1) is 0 Å². The van der Waals surface area contributed by atoms with Crippen LogP contribution >= 0.6 is 0 Å². The van der Waals surface area contributed by atoms with E-state index in [4.69, 9.17) is 0 Å². The summed E-state index contributed by atoms with van der Waals surface area (Å²) in [5.74, 6) is 0.633. The molecule has 3 nitrogen and oxygen atoms in total. The minimum atomic E-state index is -0.702. The maximum atomic E-state index is 13.9. The molecular formula is C20H27FN2O. The second-order valence-corrected chi connectivity index (χ2v) is 6.30. The highest BCUT2D eigenvalue weighted by molar-refractivity contribution is 5.55. The topological polar surface area (TPSA) is 46.0 Å². The highest BCUT2D eigenvalue weighted by Crippen LogP contribution is 2.19. The normalized spacial score (nSPS) is 12.2. The largest absolute Gasteiger partial charge is 0.505 e. The number of hydrogen-bond donors (Lipinski definition) is 1. The van der Waals surface area contributed by atoms with Crippen LogP contribution in [0.1, 0.15) is 57.4 Å². The number of rotatable bonds is 10. The summed E-state index contributed by atoms with van der Waals surface area (Å²) in [6.07, 6.45) is 9.94. The van der Waals surface area contributed by atoms with Crippen molar-refractivity contribution in [1.82, 2.24) is 9.97 Å². The summed E-state index contributed by atoms with van der Waals surface area (Å²) in [6.45, 7) is 2.19. The molecule has 130 valence electrons. The molecule has 1 aromatic heterocycles. The number of alkyl halides is 1. The van der Waals surface area contributed by atoms with Gasteiger partial charge in [0.05, 0.1) is 12.4 Å². The smallest absolute Gasteiger partial charge is 0.159 e. The van der Waals surface area contributed by atoms with Gasteiger partial charge in [0.15, 0.2) is 11.6 Å². The molecule has 24 heavy (non-hydrogen) atoms. The van der Waals surface area contributed by atoms with E-state index < -0.39 is 6.17 Å². The first-order valence-electron chi connectivity index (χ1n) is 8.93. The van der Waals surface area contributed by atoms with Gasteiger partial charge < -0.3 is 5.11 Å². The highest BCUT2D eigenvalue weighted by atomic mass is 19.1. The predicted molar refractivity (Wildman–Crippen MR) is 95.7 cm³/mol. The zero-order chi connectivity index (χ0) is 17.2. The Morgan fingerprint density at radius 1 is 0.958 bits per heavy atom. The third kappa shape index (κ3) is 6.26. The van der Waals surface area contributed by atoms with Crippen molar-refractivity contribution in [2.24, 2.45) is 0 Å². The number of benzene rings is 1. The van der Waals surface area contributed by atoms with E-state index in [0.717, 1.165) is 30.4 Å². The Hall–Kier alpha value is -1.97. The van der Waals surface area contributed by atoms with Crippen molar-refractivity contribution in [3.8, 4) is 17.1 Å². The summed E-state index contributed by atoms with van der Waals surface area (Å²) in [5.41, 5.74) is 2.03. The van der Waals surface area contributed by atoms with Crippen molar-refractivity contribution < 1.29 is 9.50 Å². The molecule has 4 heteroatoms. The Balaban J connectivity index is 1.74. The third-order valence-corrected chi connectivity index (χ3v) is 4.22. The Bertz CT molecular complexity index is 584. The first-order valence-corrected chi connectivity index (χ1v) is 8.93. The summed E-state index contributed by atoms with van der Waals surface area (Å²) >= 11 is 0. The van der Waals surface area contributed by atoms with Gasteiger partial charge >= 0.3 is 0 Å². The summed E-state index contributed by atoms with van der Waals surface area (Å²) in [7, 11) is 0. The van der Waals surface area contributed by atoms with Crippen LogP contribution in [0.25, 0.3) is 11.4 Å². The molecule has 1 N–H and O–H groups in total. The van der Waals surface area contributed by atoms with Gasteiger partial charge in [-0.15, -0.1) is 0 Å². The van der Waals surface area contributed by atoms with E-state index in [9.17, 15) is 9.50 Å². The van der Waals surface area contributed by atoms with Gasteiger partial charge in [0.2, 0.25) is 0 Å². The van der Waals surface area contributed by atoms with Gasteiger partial charge in [0.25, 0.3) is 0 Å². The van der Waals surface area contributed by atoms with Gasteiger partial charge in [0.1, 0.15) is 6.17 Å². The minimum Gasteiger partial charge on any atom is -0.505 e. The molecule has 0 amide bonds. The summed E-state index contributed by atoms with van der Waals surface area (Å²) in [5, 5.41) is 9.21. The molecule has 0 saturated carbocycles. The molecule has 0 aliphatic heterocycles. The van der Waals surface area contributed by atoms with Gasteiger partial charge in [-0.05, 0) is 24.8 Å². The van der Waals surface area contributed by atoms with E-state index in [1.807, 2.05) is 24.3 Å². The van der Waals surface area contributed by atoms with Crippen molar-refractivity contribution in [1.29, 1.82) is 0 Å². The lowest BCUT2D eigenvalue weighted by Crippen LogP contribution is -2.02. The summed E-state index contributed by atoms with van der Waals surface area (Å²) < 4.78 is 13.9. The Labute approximate surface area is 144 Å². The first kappa shape index (κ1) is 18.4. The molecule has 1 aromatic carbocycles. The molecule has 1 heterocycles. The maximum Gasteiger partial charge on any atom is 0.159 e. The van der Waals surface area contributed by atoms with E-state index in [-0.39, 0.29) is 5.75 Å². The molecule has 0 unspecified atom stereocenters. The molecule has 2 aromatic rings. The Morgan fingerprint density at radius 3 is 2.29 bits per heavy atom. The Kier molecular flexibility index (Phi) is 7.66. The highest BCUT2D eigenvalue weighted by Gasteiger charge is 2.07. The maximum absolute atomic E-state index is 13.9. The minimum absolute atomic E-state index is 0.0547. The molecule has 0 aliphatic rings. The van der Waals surface area contributed by atoms with Gasteiger partial charge in [-0.25, -0.2) is 14.4 Å². The van der Waals surface area contributed by atoms with Crippen molar-refractivity contribution in [2.75, 3.05) is 0 Å². The molecule has 0 radical (unpaired) electrons. The van der Waals surface area contributed by atoms with E-state index in [0.29, 0.717) is 18.7 Å². The summed E-state index contributed by atoms with van der Waals surface area (Å²) in [6, 6.07) is 7.89. The molecule has 0 aliphatic carbocycles. The fourth-order valence-electron chi connectivity index (χ4n) is 2.73. The molecule has 0 bridgehead atoms. The summed E-state index contributed by atoms with van der Waals surface area (Å²) in [4.78, 5) is 8.17.